The third kappa shape index (κ3) is 4.83. The Hall–Kier alpha value is -0.940. The number of carbonyl (C=O) groups is 1. The molecule has 0 aliphatic carbocycles. The molecule has 0 amide bonds. The van der Waals surface area contributed by atoms with Gasteiger partial charge in [-0.3, -0.25) is 4.79 Å². The molecule has 17 heavy (non-hydrogen) atoms. The van der Waals surface area contributed by atoms with Crippen molar-refractivity contribution in [1.82, 2.24) is 0 Å². The summed E-state index contributed by atoms with van der Waals surface area (Å²) in [5.74, 6) is -0.835. The van der Waals surface area contributed by atoms with Gasteiger partial charge in [0.05, 0.1) is 0 Å². The predicted molar refractivity (Wildman–Crippen MR) is 57.8 cm³/mol. The summed E-state index contributed by atoms with van der Waals surface area (Å²) in [5, 5.41) is -0.00956. The minimum atomic E-state index is -4.82. The summed E-state index contributed by atoms with van der Waals surface area (Å²) >= 11 is 11.0. The Bertz CT molecular complexity index is 419. The number of ketones is 1. The van der Waals surface area contributed by atoms with Crippen LogP contribution in [0.1, 0.15) is 16.8 Å². The highest BCUT2D eigenvalue weighted by Crippen LogP contribution is 2.27. The molecule has 0 heterocycles. The molecule has 1 aromatic rings. The highest BCUT2D eigenvalue weighted by atomic mass is 35.5. The van der Waals surface area contributed by atoms with Crippen molar-refractivity contribution >= 4 is 29.0 Å². The maximum Gasteiger partial charge on any atom is 0.573 e. The lowest BCUT2D eigenvalue weighted by molar-refractivity contribution is -0.274. The SMILES string of the molecule is O=C(CCCl)c1cc(Cl)cc(OC(F)(F)F)c1. The first-order valence-electron chi connectivity index (χ1n) is 4.47. The molecule has 2 nitrogen and oxygen atoms in total. The van der Waals surface area contributed by atoms with Crippen molar-refractivity contribution < 1.29 is 22.7 Å². The fourth-order valence-corrected chi connectivity index (χ4v) is 1.54. The van der Waals surface area contributed by atoms with Gasteiger partial charge in [0.1, 0.15) is 5.75 Å². The van der Waals surface area contributed by atoms with Crippen molar-refractivity contribution in [2.45, 2.75) is 12.8 Å². The Kier molecular flexibility index (Phi) is 4.65. The number of hydrogen-bond donors (Lipinski definition) is 0. The molecule has 7 heteroatoms. The number of hydrogen-bond acceptors (Lipinski definition) is 2. The van der Waals surface area contributed by atoms with Crippen molar-refractivity contribution in [3.63, 3.8) is 0 Å². The number of rotatable bonds is 4. The molecule has 0 aliphatic rings. The van der Waals surface area contributed by atoms with Crippen LogP contribution in [0.25, 0.3) is 0 Å². The van der Waals surface area contributed by atoms with E-state index in [9.17, 15) is 18.0 Å². The van der Waals surface area contributed by atoms with E-state index < -0.39 is 17.9 Å². The van der Waals surface area contributed by atoms with Gasteiger partial charge in [0.15, 0.2) is 5.78 Å². The van der Waals surface area contributed by atoms with Crippen molar-refractivity contribution in [2.24, 2.45) is 0 Å². The van der Waals surface area contributed by atoms with E-state index in [0.29, 0.717) is 0 Å². The largest absolute Gasteiger partial charge is 0.573 e. The van der Waals surface area contributed by atoms with Gasteiger partial charge in [-0.05, 0) is 18.2 Å². The smallest absolute Gasteiger partial charge is 0.406 e. The maximum atomic E-state index is 12.0. The topological polar surface area (TPSA) is 26.3 Å². The van der Waals surface area contributed by atoms with Crippen LogP contribution < -0.4 is 4.74 Å². The van der Waals surface area contributed by atoms with Crippen molar-refractivity contribution in [1.29, 1.82) is 0 Å². The molecule has 0 atom stereocenters. The summed E-state index contributed by atoms with van der Waals surface area (Å²) in [6, 6.07) is 3.22. The summed E-state index contributed by atoms with van der Waals surface area (Å²) in [6.45, 7) is 0. The molecule has 1 aromatic carbocycles. The van der Waals surface area contributed by atoms with E-state index in [2.05, 4.69) is 4.74 Å². The molecule has 0 saturated carbocycles. The van der Waals surface area contributed by atoms with E-state index in [1.165, 1.54) is 6.07 Å². The van der Waals surface area contributed by atoms with E-state index in [4.69, 9.17) is 23.2 Å². The van der Waals surface area contributed by atoms with Crippen LogP contribution in [0.3, 0.4) is 0 Å². The van der Waals surface area contributed by atoms with Gasteiger partial charge in [0.25, 0.3) is 0 Å². The second-order valence-corrected chi connectivity index (χ2v) is 3.90. The van der Waals surface area contributed by atoms with Crippen LogP contribution in [-0.4, -0.2) is 18.0 Å². The van der Waals surface area contributed by atoms with E-state index >= 15 is 0 Å². The Morgan fingerprint density at radius 1 is 1.29 bits per heavy atom. The number of ether oxygens (including phenoxy) is 1. The third-order valence-electron chi connectivity index (χ3n) is 1.75. The van der Waals surface area contributed by atoms with E-state index in [-0.39, 0.29) is 22.9 Å². The van der Waals surface area contributed by atoms with Gasteiger partial charge in [0.2, 0.25) is 0 Å². The van der Waals surface area contributed by atoms with E-state index in [1.807, 2.05) is 0 Å². The fourth-order valence-electron chi connectivity index (χ4n) is 1.15. The first-order chi connectivity index (χ1) is 7.81. The Balaban J connectivity index is 2.98. The Morgan fingerprint density at radius 2 is 1.94 bits per heavy atom. The third-order valence-corrected chi connectivity index (χ3v) is 2.16. The Morgan fingerprint density at radius 3 is 2.47 bits per heavy atom. The number of carbonyl (C=O) groups excluding carboxylic acids is 1. The minimum absolute atomic E-state index is 0.00956. The lowest BCUT2D eigenvalue weighted by atomic mass is 10.1. The quantitative estimate of drug-likeness (QED) is 0.617. The van der Waals surface area contributed by atoms with Gasteiger partial charge >= 0.3 is 6.36 Å². The van der Waals surface area contributed by atoms with Crippen molar-refractivity contribution in [2.75, 3.05) is 5.88 Å². The number of Topliss-reactive ketones (excluding diaryl/α,β-unsaturated/α-hetero) is 1. The number of alkyl halides is 4. The van der Waals surface area contributed by atoms with Crippen LogP contribution >= 0.6 is 23.2 Å². The zero-order chi connectivity index (χ0) is 13.1. The van der Waals surface area contributed by atoms with Crippen molar-refractivity contribution in [3.8, 4) is 5.75 Å². The standard InChI is InChI=1S/C10H7Cl2F3O2/c11-2-1-9(16)6-3-7(12)5-8(4-6)17-10(13,14)15/h3-5H,1-2H2. The fraction of sp³-hybridized carbons (Fsp3) is 0.300. The number of benzene rings is 1. The molecule has 0 spiro atoms. The summed E-state index contributed by atoms with van der Waals surface area (Å²) in [7, 11) is 0. The highest BCUT2D eigenvalue weighted by molar-refractivity contribution is 6.31. The zero-order valence-electron chi connectivity index (χ0n) is 8.35. The zero-order valence-corrected chi connectivity index (χ0v) is 9.86. The molecule has 0 bridgehead atoms. The normalized spacial score (nSPS) is 11.4. The van der Waals surface area contributed by atoms with Gasteiger partial charge < -0.3 is 4.74 Å². The second-order valence-electron chi connectivity index (χ2n) is 3.09. The van der Waals surface area contributed by atoms with Gasteiger partial charge in [-0.15, -0.1) is 24.8 Å². The molecule has 0 N–H and O–H groups in total. The molecule has 0 radical (unpaired) electrons. The molecule has 0 unspecified atom stereocenters. The summed E-state index contributed by atoms with van der Waals surface area (Å²) in [4.78, 5) is 11.4. The van der Waals surface area contributed by atoms with Gasteiger partial charge in [0, 0.05) is 22.9 Å². The summed E-state index contributed by atoms with van der Waals surface area (Å²) < 4.78 is 39.6. The van der Waals surface area contributed by atoms with Crippen LogP contribution in [0.2, 0.25) is 5.02 Å². The maximum absolute atomic E-state index is 12.0. The average molecular weight is 287 g/mol. The molecule has 0 aromatic heterocycles. The molecule has 0 saturated heterocycles. The summed E-state index contributed by atoms with van der Waals surface area (Å²) in [5.41, 5.74) is 0.0393. The molecule has 0 fully saturated rings. The monoisotopic (exact) mass is 286 g/mol. The minimum Gasteiger partial charge on any atom is -0.406 e. The van der Waals surface area contributed by atoms with Gasteiger partial charge in [-0.25, -0.2) is 0 Å². The molecule has 0 aliphatic heterocycles. The van der Waals surface area contributed by atoms with E-state index in [1.54, 1.807) is 0 Å². The molecular formula is C10H7Cl2F3O2. The van der Waals surface area contributed by atoms with Gasteiger partial charge in [-0.1, -0.05) is 11.6 Å². The average Bonchev–Trinajstić information content (AvgIpc) is 2.14. The van der Waals surface area contributed by atoms with E-state index in [0.717, 1.165) is 12.1 Å². The van der Waals surface area contributed by atoms with Crippen LogP contribution in [-0.2, 0) is 0 Å². The summed E-state index contributed by atoms with van der Waals surface area (Å²) in [6.07, 6.45) is -4.80. The van der Waals surface area contributed by atoms with Crippen LogP contribution in [0.5, 0.6) is 5.75 Å². The second kappa shape index (κ2) is 5.60. The van der Waals surface area contributed by atoms with Crippen LogP contribution in [0.4, 0.5) is 13.2 Å². The first kappa shape index (κ1) is 14.1. The lowest BCUT2D eigenvalue weighted by Gasteiger charge is -2.10. The lowest BCUT2D eigenvalue weighted by Crippen LogP contribution is -2.17. The first-order valence-corrected chi connectivity index (χ1v) is 5.38. The van der Waals surface area contributed by atoms with Gasteiger partial charge in [-0.2, -0.15) is 0 Å². The predicted octanol–water partition coefficient (Wildman–Crippen LogP) is 4.05. The van der Waals surface area contributed by atoms with Crippen molar-refractivity contribution in [3.05, 3.63) is 28.8 Å². The number of halogens is 5. The molecule has 94 valence electrons. The van der Waals surface area contributed by atoms with Crippen LogP contribution in [0.15, 0.2) is 18.2 Å². The molecular weight excluding hydrogens is 280 g/mol. The highest BCUT2D eigenvalue weighted by Gasteiger charge is 2.31. The molecule has 1 rings (SSSR count). The van der Waals surface area contributed by atoms with Crippen LogP contribution in [0, 0.1) is 0 Å². The Labute approximate surface area is 105 Å².